The van der Waals surface area contributed by atoms with Crippen LogP contribution in [0, 0.1) is 0 Å². The summed E-state index contributed by atoms with van der Waals surface area (Å²) in [6.45, 7) is 5.13. The lowest BCUT2D eigenvalue weighted by atomic mass is 9.79. The topological polar surface area (TPSA) is 35.9 Å². The molecular formula is C17H28N2O2. The van der Waals surface area contributed by atoms with Gasteiger partial charge >= 0.3 is 0 Å². The molecule has 118 valence electrons. The minimum atomic E-state index is -0.817. The predicted octanol–water partition coefficient (Wildman–Crippen LogP) is 1.93. The summed E-state index contributed by atoms with van der Waals surface area (Å²) in [6, 6.07) is 7.94. The zero-order valence-corrected chi connectivity index (χ0v) is 13.7. The maximum atomic E-state index is 11.4. The van der Waals surface area contributed by atoms with Crippen molar-refractivity contribution in [3.8, 4) is 5.75 Å². The number of hydrogen-bond donors (Lipinski definition) is 1. The quantitative estimate of drug-likeness (QED) is 0.899. The van der Waals surface area contributed by atoms with E-state index in [0.717, 1.165) is 43.8 Å². The molecule has 0 saturated carbocycles. The molecule has 1 saturated heterocycles. The third-order valence-electron chi connectivity index (χ3n) is 4.52. The maximum absolute atomic E-state index is 11.4. The van der Waals surface area contributed by atoms with Gasteiger partial charge in [0.15, 0.2) is 0 Å². The maximum Gasteiger partial charge on any atom is 0.119 e. The van der Waals surface area contributed by atoms with Crippen LogP contribution in [0.5, 0.6) is 5.75 Å². The Hall–Kier alpha value is -1.10. The van der Waals surface area contributed by atoms with Crippen molar-refractivity contribution in [1.29, 1.82) is 0 Å². The van der Waals surface area contributed by atoms with Crippen molar-refractivity contribution < 1.29 is 9.84 Å². The number of rotatable bonds is 5. The number of likely N-dealkylation sites (tertiary alicyclic amines) is 1. The minimum absolute atomic E-state index is 0.0879. The third-order valence-corrected chi connectivity index (χ3v) is 4.52. The van der Waals surface area contributed by atoms with Crippen LogP contribution in [0.15, 0.2) is 24.3 Å². The van der Waals surface area contributed by atoms with Gasteiger partial charge in [-0.05, 0) is 51.2 Å². The Labute approximate surface area is 128 Å². The van der Waals surface area contributed by atoms with Gasteiger partial charge in [0.05, 0.1) is 13.2 Å². The molecule has 4 nitrogen and oxygen atoms in total. The number of piperidine rings is 1. The second-order valence-corrected chi connectivity index (χ2v) is 6.19. The number of nitrogens with zero attached hydrogens (tertiary/aromatic N) is 2. The van der Waals surface area contributed by atoms with E-state index >= 15 is 0 Å². The molecular weight excluding hydrogens is 264 g/mol. The van der Waals surface area contributed by atoms with Crippen LogP contribution in [0.4, 0.5) is 0 Å². The van der Waals surface area contributed by atoms with Crippen molar-refractivity contribution in [3.05, 3.63) is 29.8 Å². The van der Waals surface area contributed by atoms with E-state index in [4.69, 9.17) is 4.74 Å². The molecule has 1 aliphatic heterocycles. The van der Waals surface area contributed by atoms with Gasteiger partial charge in [0.2, 0.25) is 0 Å². The molecule has 0 aromatic heterocycles. The van der Waals surface area contributed by atoms with Gasteiger partial charge in [0.1, 0.15) is 11.4 Å². The molecule has 0 bridgehead atoms. The van der Waals surface area contributed by atoms with E-state index in [1.807, 2.05) is 38.4 Å². The molecule has 2 atom stereocenters. The Morgan fingerprint density at radius 3 is 2.81 bits per heavy atom. The highest BCUT2D eigenvalue weighted by molar-refractivity contribution is 5.34. The van der Waals surface area contributed by atoms with E-state index in [2.05, 4.69) is 16.7 Å². The van der Waals surface area contributed by atoms with E-state index in [0.29, 0.717) is 0 Å². The lowest BCUT2D eigenvalue weighted by Crippen LogP contribution is -2.59. The number of ether oxygens (including phenoxy) is 1. The molecule has 0 radical (unpaired) electrons. The first kappa shape index (κ1) is 16.3. The smallest absolute Gasteiger partial charge is 0.119 e. The summed E-state index contributed by atoms with van der Waals surface area (Å²) in [5.41, 5.74) is 0.138. The molecule has 0 aliphatic carbocycles. The van der Waals surface area contributed by atoms with E-state index in [9.17, 15) is 5.11 Å². The summed E-state index contributed by atoms with van der Waals surface area (Å²) in [6.07, 6.45) is 1.90. The van der Waals surface area contributed by atoms with Gasteiger partial charge in [-0.2, -0.15) is 0 Å². The average molecular weight is 292 g/mol. The predicted molar refractivity (Wildman–Crippen MR) is 85.7 cm³/mol. The molecule has 21 heavy (non-hydrogen) atoms. The van der Waals surface area contributed by atoms with Crippen molar-refractivity contribution in [2.24, 2.45) is 0 Å². The first-order chi connectivity index (χ1) is 10.0. The van der Waals surface area contributed by atoms with Crippen LogP contribution in [0.25, 0.3) is 0 Å². The molecule has 2 unspecified atom stereocenters. The molecule has 1 aromatic rings. The zero-order chi connectivity index (χ0) is 15.5. The van der Waals surface area contributed by atoms with Crippen LogP contribution in [0.1, 0.15) is 25.3 Å². The summed E-state index contributed by atoms with van der Waals surface area (Å²) in [7, 11) is 5.76. The lowest BCUT2D eigenvalue weighted by Gasteiger charge is -2.47. The second-order valence-electron chi connectivity index (χ2n) is 6.19. The van der Waals surface area contributed by atoms with E-state index in [-0.39, 0.29) is 6.04 Å². The Kier molecular flexibility index (Phi) is 5.25. The lowest BCUT2D eigenvalue weighted by molar-refractivity contribution is -0.0876. The molecule has 0 spiro atoms. The largest absolute Gasteiger partial charge is 0.497 e. The van der Waals surface area contributed by atoms with Crippen molar-refractivity contribution >= 4 is 0 Å². The van der Waals surface area contributed by atoms with Gasteiger partial charge in [-0.1, -0.05) is 19.1 Å². The standard InChI is InChI=1S/C17H28N2O2/c1-5-10-19-11-9-17(20,16(13-19)18(2)3)14-7-6-8-15(12-14)21-4/h6-8,12,16,20H,5,9-11,13H2,1-4H3. The normalized spacial score (nSPS) is 27.0. The minimum Gasteiger partial charge on any atom is -0.497 e. The SMILES string of the molecule is CCCN1CCC(O)(c2cccc(OC)c2)C(N(C)C)C1. The van der Waals surface area contributed by atoms with Gasteiger partial charge < -0.3 is 19.6 Å². The Balaban J connectivity index is 2.29. The molecule has 0 amide bonds. The van der Waals surface area contributed by atoms with Crippen LogP contribution >= 0.6 is 0 Å². The molecule has 2 rings (SSSR count). The van der Waals surface area contributed by atoms with Crippen LogP contribution in [-0.2, 0) is 5.60 Å². The van der Waals surface area contributed by atoms with E-state index < -0.39 is 5.60 Å². The van der Waals surface area contributed by atoms with Crippen LogP contribution in [-0.4, -0.2) is 61.8 Å². The second kappa shape index (κ2) is 6.77. The molecule has 4 heteroatoms. The molecule has 1 aromatic carbocycles. The number of aliphatic hydroxyl groups is 1. The van der Waals surface area contributed by atoms with Gasteiger partial charge in [0.25, 0.3) is 0 Å². The van der Waals surface area contributed by atoms with Gasteiger partial charge in [-0.25, -0.2) is 0 Å². The summed E-state index contributed by atoms with van der Waals surface area (Å²) in [5, 5.41) is 11.4. The average Bonchev–Trinajstić information content (AvgIpc) is 2.49. The number of methoxy groups -OCH3 is 1. The fourth-order valence-corrected chi connectivity index (χ4v) is 3.32. The molecule has 1 fully saturated rings. The van der Waals surface area contributed by atoms with Crippen molar-refractivity contribution in [1.82, 2.24) is 9.80 Å². The van der Waals surface area contributed by atoms with Crippen molar-refractivity contribution in [2.45, 2.75) is 31.4 Å². The van der Waals surface area contributed by atoms with Crippen LogP contribution in [0.2, 0.25) is 0 Å². The molecule has 1 N–H and O–H groups in total. The number of likely N-dealkylation sites (N-methyl/N-ethyl adjacent to an activating group) is 1. The number of benzene rings is 1. The third kappa shape index (κ3) is 3.39. The summed E-state index contributed by atoms with van der Waals surface area (Å²) < 4.78 is 5.31. The number of hydrogen-bond acceptors (Lipinski definition) is 4. The highest BCUT2D eigenvalue weighted by Crippen LogP contribution is 2.36. The summed E-state index contributed by atoms with van der Waals surface area (Å²) in [5.74, 6) is 0.800. The fraction of sp³-hybridized carbons (Fsp3) is 0.647. The Morgan fingerprint density at radius 2 is 2.19 bits per heavy atom. The van der Waals surface area contributed by atoms with Gasteiger partial charge in [-0.3, -0.25) is 0 Å². The fourth-order valence-electron chi connectivity index (χ4n) is 3.32. The zero-order valence-electron chi connectivity index (χ0n) is 13.7. The van der Waals surface area contributed by atoms with Crippen molar-refractivity contribution in [3.63, 3.8) is 0 Å². The Bertz CT molecular complexity index is 464. The van der Waals surface area contributed by atoms with Gasteiger partial charge in [0, 0.05) is 13.1 Å². The first-order valence-electron chi connectivity index (χ1n) is 7.77. The Morgan fingerprint density at radius 1 is 1.43 bits per heavy atom. The van der Waals surface area contributed by atoms with E-state index in [1.165, 1.54) is 0 Å². The van der Waals surface area contributed by atoms with Crippen molar-refractivity contribution in [2.75, 3.05) is 40.8 Å². The van der Waals surface area contributed by atoms with E-state index in [1.54, 1.807) is 7.11 Å². The van der Waals surface area contributed by atoms with Crippen LogP contribution in [0.3, 0.4) is 0 Å². The molecule has 1 aliphatic rings. The van der Waals surface area contributed by atoms with Gasteiger partial charge in [-0.15, -0.1) is 0 Å². The first-order valence-corrected chi connectivity index (χ1v) is 7.77. The highest BCUT2D eigenvalue weighted by atomic mass is 16.5. The summed E-state index contributed by atoms with van der Waals surface area (Å²) >= 11 is 0. The van der Waals surface area contributed by atoms with Crippen LogP contribution < -0.4 is 4.74 Å². The monoisotopic (exact) mass is 292 g/mol. The molecule has 1 heterocycles. The summed E-state index contributed by atoms with van der Waals surface area (Å²) in [4.78, 5) is 4.58. The highest BCUT2D eigenvalue weighted by Gasteiger charge is 2.43.